The Hall–Kier alpha value is -3.20. The van der Waals surface area contributed by atoms with E-state index in [-0.39, 0.29) is 16.6 Å². The summed E-state index contributed by atoms with van der Waals surface area (Å²) in [6, 6.07) is 10.4. The fraction of sp³-hybridized carbons (Fsp3) is 0.111. The third-order valence-electron chi connectivity index (χ3n) is 3.96. The number of aromatic nitrogens is 2. The number of carbonyl (C=O) groups is 1. The molecule has 0 spiro atoms. The number of benzene rings is 2. The Bertz CT molecular complexity index is 1120. The second-order valence-corrected chi connectivity index (χ2v) is 7.67. The van der Waals surface area contributed by atoms with Crippen molar-refractivity contribution < 1.29 is 22.3 Å². The summed E-state index contributed by atoms with van der Waals surface area (Å²) in [5, 5.41) is 3.75. The predicted octanol–water partition coefficient (Wildman–Crippen LogP) is 2.68. The molecule has 0 fully saturated rings. The highest BCUT2D eigenvalue weighted by molar-refractivity contribution is 7.90. The molecule has 7 nitrogen and oxygen atoms in total. The van der Waals surface area contributed by atoms with Gasteiger partial charge in [0.15, 0.2) is 0 Å². The van der Waals surface area contributed by atoms with Gasteiger partial charge in [0, 0.05) is 6.07 Å². The molecule has 0 bridgehead atoms. The number of nitrogens with zero attached hydrogens (tertiary/aromatic N) is 2. The predicted molar refractivity (Wildman–Crippen MR) is 96.5 cm³/mol. The van der Waals surface area contributed by atoms with E-state index in [1.54, 1.807) is 18.2 Å². The van der Waals surface area contributed by atoms with Gasteiger partial charge in [-0.1, -0.05) is 6.07 Å². The third-order valence-corrected chi connectivity index (χ3v) is 5.58. The fourth-order valence-electron chi connectivity index (χ4n) is 2.33. The second kappa shape index (κ2) is 6.84. The molecule has 1 aromatic heterocycles. The number of aryl methyl sites for hydroxylation is 2. The van der Waals surface area contributed by atoms with Gasteiger partial charge in [-0.2, -0.15) is 8.42 Å². The first-order chi connectivity index (χ1) is 12.7. The molecule has 140 valence electrons. The van der Waals surface area contributed by atoms with Crippen LogP contribution in [0.5, 0.6) is 5.88 Å². The highest BCUT2D eigenvalue weighted by atomic mass is 32.2. The van der Waals surface area contributed by atoms with Crippen LogP contribution in [-0.4, -0.2) is 23.6 Å². The molecule has 2 N–H and O–H groups in total. The van der Waals surface area contributed by atoms with Crippen molar-refractivity contribution in [3.05, 3.63) is 71.0 Å². The van der Waals surface area contributed by atoms with Gasteiger partial charge < -0.3 is 10.5 Å². The van der Waals surface area contributed by atoms with Crippen molar-refractivity contribution in [2.45, 2.75) is 18.7 Å². The van der Waals surface area contributed by atoms with E-state index in [1.807, 2.05) is 13.8 Å². The highest BCUT2D eigenvalue weighted by Gasteiger charge is 2.23. The molecule has 3 aromatic rings. The van der Waals surface area contributed by atoms with Crippen LogP contribution in [0.15, 0.2) is 53.4 Å². The van der Waals surface area contributed by atoms with Crippen LogP contribution in [-0.2, 0) is 10.0 Å². The molecule has 0 saturated heterocycles. The van der Waals surface area contributed by atoms with Crippen LogP contribution in [0, 0.1) is 19.7 Å². The maximum atomic E-state index is 13.0. The van der Waals surface area contributed by atoms with Crippen molar-refractivity contribution in [1.82, 2.24) is 9.19 Å². The van der Waals surface area contributed by atoms with Crippen LogP contribution < -0.4 is 10.5 Å². The number of nitrogen functional groups attached to an aromatic ring is 1. The van der Waals surface area contributed by atoms with Crippen molar-refractivity contribution in [1.29, 1.82) is 0 Å². The molecule has 0 aliphatic carbocycles. The van der Waals surface area contributed by atoms with E-state index >= 15 is 0 Å². The summed E-state index contributed by atoms with van der Waals surface area (Å²) in [4.78, 5) is 12.0. The molecule has 0 aliphatic heterocycles. The summed E-state index contributed by atoms with van der Waals surface area (Å²) in [6.45, 7) is 3.77. The minimum atomic E-state index is -4.16. The molecule has 1 heterocycles. The lowest BCUT2D eigenvalue weighted by molar-refractivity contribution is 0.0727. The molecule has 9 heteroatoms. The summed E-state index contributed by atoms with van der Waals surface area (Å²) in [5.74, 6) is -1.78. The second-order valence-electron chi connectivity index (χ2n) is 5.90. The standard InChI is InChI=1S/C18H16FN3O4S/c1-11-3-4-13(9-12(11)2)18(23)26-17-10-16(20)22(21-17)27(24,25)15-7-5-14(19)6-8-15/h3-10H,20H2,1-2H3. The van der Waals surface area contributed by atoms with Gasteiger partial charge in [0.05, 0.1) is 10.5 Å². The zero-order chi connectivity index (χ0) is 19.8. The number of rotatable bonds is 4. The van der Waals surface area contributed by atoms with E-state index in [2.05, 4.69) is 5.10 Å². The zero-order valence-corrected chi connectivity index (χ0v) is 15.3. The number of anilines is 1. The quantitative estimate of drug-likeness (QED) is 0.688. The van der Waals surface area contributed by atoms with Gasteiger partial charge in [0.1, 0.15) is 11.6 Å². The first-order valence-electron chi connectivity index (χ1n) is 7.84. The zero-order valence-electron chi connectivity index (χ0n) is 14.5. The smallest absolute Gasteiger partial charge is 0.344 e. The highest BCUT2D eigenvalue weighted by Crippen LogP contribution is 2.22. The van der Waals surface area contributed by atoms with Crippen LogP contribution >= 0.6 is 0 Å². The summed E-state index contributed by atoms with van der Waals surface area (Å²) in [5.41, 5.74) is 7.94. The molecular formula is C18H16FN3O4S. The van der Waals surface area contributed by atoms with E-state index in [9.17, 15) is 17.6 Å². The van der Waals surface area contributed by atoms with E-state index < -0.39 is 21.8 Å². The summed E-state index contributed by atoms with van der Waals surface area (Å²) in [6.07, 6.45) is 0. The molecule has 3 rings (SSSR count). The summed E-state index contributed by atoms with van der Waals surface area (Å²) in [7, 11) is -4.16. The maximum Gasteiger partial charge on any atom is 0.344 e. The third kappa shape index (κ3) is 3.68. The topological polar surface area (TPSA) is 104 Å². The number of carbonyl (C=O) groups excluding carboxylic acids is 1. The van der Waals surface area contributed by atoms with Crippen molar-refractivity contribution in [3.8, 4) is 5.88 Å². The molecule has 0 amide bonds. The molecular weight excluding hydrogens is 373 g/mol. The molecule has 0 aliphatic rings. The molecule has 0 radical (unpaired) electrons. The van der Waals surface area contributed by atoms with Crippen LogP contribution in [0.3, 0.4) is 0 Å². The van der Waals surface area contributed by atoms with Crippen molar-refractivity contribution in [3.63, 3.8) is 0 Å². The number of hydrogen-bond acceptors (Lipinski definition) is 6. The van der Waals surface area contributed by atoms with Gasteiger partial charge in [-0.3, -0.25) is 0 Å². The molecule has 0 saturated carbocycles. The molecule has 27 heavy (non-hydrogen) atoms. The monoisotopic (exact) mass is 389 g/mol. The van der Waals surface area contributed by atoms with Gasteiger partial charge >= 0.3 is 5.97 Å². The van der Waals surface area contributed by atoms with Gasteiger partial charge in [0.2, 0.25) is 5.88 Å². The van der Waals surface area contributed by atoms with Crippen LogP contribution in [0.2, 0.25) is 0 Å². The first-order valence-corrected chi connectivity index (χ1v) is 9.28. The SMILES string of the molecule is Cc1ccc(C(=O)Oc2cc(N)n(S(=O)(=O)c3ccc(F)cc3)n2)cc1C. The average Bonchev–Trinajstić information content (AvgIpc) is 2.98. The number of esters is 1. The normalized spacial score (nSPS) is 11.4. The average molecular weight is 389 g/mol. The van der Waals surface area contributed by atoms with Gasteiger partial charge in [0.25, 0.3) is 10.0 Å². The van der Waals surface area contributed by atoms with Crippen molar-refractivity contribution in [2.75, 3.05) is 5.73 Å². The lowest BCUT2D eigenvalue weighted by Crippen LogP contribution is -2.17. The molecule has 0 atom stereocenters. The lowest BCUT2D eigenvalue weighted by Gasteiger charge is -2.06. The minimum Gasteiger partial charge on any atom is -0.402 e. The van der Waals surface area contributed by atoms with E-state index in [0.717, 1.165) is 41.5 Å². The Morgan fingerprint density at radius 3 is 2.37 bits per heavy atom. The van der Waals surface area contributed by atoms with Crippen LogP contribution in [0.1, 0.15) is 21.5 Å². The van der Waals surface area contributed by atoms with E-state index in [0.29, 0.717) is 9.65 Å². The van der Waals surface area contributed by atoms with E-state index in [1.165, 1.54) is 0 Å². The van der Waals surface area contributed by atoms with Gasteiger partial charge in [-0.15, -0.1) is 9.19 Å². The Kier molecular flexibility index (Phi) is 4.71. The Morgan fingerprint density at radius 2 is 1.74 bits per heavy atom. The Balaban J connectivity index is 1.89. The van der Waals surface area contributed by atoms with Crippen molar-refractivity contribution in [2.24, 2.45) is 0 Å². The number of hydrogen-bond donors (Lipinski definition) is 1. The first kappa shape index (κ1) is 18.6. The van der Waals surface area contributed by atoms with E-state index in [4.69, 9.17) is 10.5 Å². The maximum absolute atomic E-state index is 13.0. The van der Waals surface area contributed by atoms with Gasteiger partial charge in [-0.05, 0) is 61.4 Å². The van der Waals surface area contributed by atoms with Crippen LogP contribution in [0.4, 0.5) is 10.2 Å². The summed E-state index contributed by atoms with van der Waals surface area (Å²) < 4.78 is 43.8. The number of ether oxygens (including phenoxy) is 1. The van der Waals surface area contributed by atoms with Gasteiger partial charge in [-0.25, -0.2) is 9.18 Å². The van der Waals surface area contributed by atoms with Crippen LogP contribution in [0.25, 0.3) is 0 Å². The lowest BCUT2D eigenvalue weighted by atomic mass is 10.1. The molecule has 2 aromatic carbocycles. The summed E-state index contributed by atoms with van der Waals surface area (Å²) >= 11 is 0. The minimum absolute atomic E-state index is 0.203. The molecule has 0 unspecified atom stereocenters. The Labute approximate surface area is 155 Å². The largest absolute Gasteiger partial charge is 0.402 e. The number of nitrogens with two attached hydrogens (primary N) is 1. The van der Waals surface area contributed by atoms with Crippen molar-refractivity contribution >= 4 is 21.8 Å². The Morgan fingerprint density at radius 1 is 1.07 bits per heavy atom. The fourth-order valence-corrected chi connectivity index (χ4v) is 3.53. The number of halogens is 1.